The Morgan fingerprint density at radius 3 is 2.37 bits per heavy atom. The minimum absolute atomic E-state index is 0.270. The number of anilines is 2. The van der Waals surface area contributed by atoms with Gasteiger partial charge in [0.2, 0.25) is 10.0 Å². The molecule has 15 heteroatoms. The lowest BCUT2D eigenvalue weighted by molar-refractivity contribution is -0.137. The standard InChI is InChI=1S/C26H24ClF3N4O6S/c1-39-23-6-4-3-5-21(23)32-25(36)16-40-19-10-7-17(8-11-19)14-31-33-24(35)15-34(41(2,37)38)22-13-18(26(28,29)30)9-12-20(22)27/h3-14H,15-16H2,1-2H3,(H,32,36)(H,33,35)/b31-14-. The first-order valence-corrected chi connectivity index (χ1v) is 13.8. The fourth-order valence-corrected chi connectivity index (χ4v) is 4.47. The van der Waals surface area contributed by atoms with Crippen LogP contribution in [0.3, 0.4) is 0 Å². The minimum atomic E-state index is -4.75. The predicted molar refractivity (Wildman–Crippen MR) is 148 cm³/mol. The highest BCUT2D eigenvalue weighted by Gasteiger charge is 2.33. The number of sulfonamides is 1. The van der Waals surface area contributed by atoms with E-state index in [1.54, 1.807) is 48.5 Å². The van der Waals surface area contributed by atoms with Crippen molar-refractivity contribution in [3.63, 3.8) is 0 Å². The number of para-hydroxylation sites is 2. The number of methoxy groups -OCH3 is 1. The van der Waals surface area contributed by atoms with E-state index in [9.17, 15) is 31.2 Å². The first-order valence-electron chi connectivity index (χ1n) is 11.6. The molecule has 0 fully saturated rings. The Morgan fingerprint density at radius 2 is 1.73 bits per heavy atom. The molecule has 3 rings (SSSR count). The molecule has 0 aliphatic rings. The van der Waals surface area contributed by atoms with E-state index in [-0.39, 0.29) is 11.6 Å². The maximum absolute atomic E-state index is 13.1. The molecule has 10 nitrogen and oxygen atoms in total. The number of rotatable bonds is 11. The number of benzene rings is 3. The second-order valence-electron chi connectivity index (χ2n) is 8.33. The lowest BCUT2D eigenvalue weighted by Crippen LogP contribution is -2.39. The van der Waals surface area contributed by atoms with E-state index >= 15 is 0 Å². The fraction of sp³-hybridized carbons (Fsp3) is 0.192. The Morgan fingerprint density at radius 1 is 1.05 bits per heavy atom. The number of carbonyl (C=O) groups is 2. The molecule has 0 heterocycles. The average Bonchev–Trinajstić information content (AvgIpc) is 2.91. The van der Waals surface area contributed by atoms with Crippen molar-refractivity contribution in [2.75, 3.05) is 36.1 Å². The van der Waals surface area contributed by atoms with Crippen LogP contribution in [0, 0.1) is 0 Å². The summed E-state index contributed by atoms with van der Waals surface area (Å²) < 4.78 is 74.9. The van der Waals surface area contributed by atoms with Gasteiger partial charge in [0.15, 0.2) is 6.61 Å². The lowest BCUT2D eigenvalue weighted by Gasteiger charge is -2.23. The molecule has 3 aromatic rings. The van der Waals surface area contributed by atoms with Crippen molar-refractivity contribution in [1.29, 1.82) is 0 Å². The van der Waals surface area contributed by atoms with Gasteiger partial charge in [-0.15, -0.1) is 0 Å². The van der Waals surface area contributed by atoms with Crippen molar-refractivity contribution in [2.45, 2.75) is 6.18 Å². The molecule has 41 heavy (non-hydrogen) atoms. The number of halogens is 4. The molecule has 0 bridgehead atoms. The number of amides is 2. The van der Waals surface area contributed by atoms with Gasteiger partial charge in [-0.2, -0.15) is 18.3 Å². The number of nitrogens with zero attached hydrogens (tertiary/aromatic N) is 2. The van der Waals surface area contributed by atoms with Crippen molar-refractivity contribution in [1.82, 2.24) is 5.43 Å². The zero-order valence-corrected chi connectivity index (χ0v) is 23.2. The van der Waals surface area contributed by atoms with Gasteiger partial charge in [-0.3, -0.25) is 13.9 Å². The summed E-state index contributed by atoms with van der Waals surface area (Å²) in [6, 6.07) is 15.3. The van der Waals surface area contributed by atoms with Crippen LogP contribution in [-0.2, 0) is 25.8 Å². The normalized spacial score (nSPS) is 11.7. The van der Waals surface area contributed by atoms with Crippen LogP contribution in [0.2, 0.25) is 5.02 Å². The summed E-state index contributed by atoms with van der Waals surface area (Å²) in [7, 11) is -2.71. The van der Waals surface area contributed by atoms with Gasteiger partial charge >= 0.3 is 6.18 Å². The summed E-state index contributed by atoms with van der Waals surface area (Å²) in [5, 5.41) is 6.13. The quantitative estimate of drug-likeness (QED) is 0.246. The zero-order chi connectivity index (χ0) is 30.2. The summed E-state index contributed by atoms with van der Waals surface area (Å²) >= 11 is 5.94. The summed E-state index contributed by atoms with van der Waals surface area (Å²) in [6.07, 6.45) is -2.78. The Labute approximate surface area is 238 Å². The SMILES string of the molecule is COc1ccccc1NC(=O)COc1ccc(/C=N\NC(=O)CN(c2cc(C(F)(F)F)ccc2Cl)S(C)(=O)=O)cc1. The minimum Gasteiger partial charge on any atom is -0.495 e. The van der Waals surface area contributed by atoms with E-state index < -0.39 is 45.8 Å². The predicted octanol–water partition coefficient (Wildman–Crippen LogP) is 4.30. The van der Waals surface area contributed by atoms with Crippen LogP contribution in [-0.4, -0.2) is 53.0 Å². The topological polar surface area (TPSA) is 126 Å². The summed E-state index contributed by atoms with van der Waals surface area (Å²) in [4.78, 5) is 24.6. The molecule has 0 atom stereocenters. The lowest BCUT2D eigenvalue weighted by atomic mass is 10.2. The van der Waals surface area contributed by atoms with Gasteiger partial charge in [0.1, 0.15) is 18.0 Å². The number of hydrazone groups is 1. The van der Waals surface area contributed by atoms with Crippen molar-refractivity contribution < 1.29 is 40.7 Å². The molecule has 218 valence electrons. The summed E-state index contributed by atoms with van der Waals surface area (Å²) in [5.74, 6) is -0.457. The van der Waals surface area contributed by atoms with Crippen LogP contribution < -0.4 is 24.5 Å². The number of carbonyl (C=O) groups excluding carboxylic acids is 2. The molecule has 0 spiro atoms. The molecule has 0 saturated heterocycles. The number of nitrogens with one attached hydrogen (secondary N) is 2. The van der Waals surface area contributed by atoms with Gasteiger partial charge in [-0.05, 0) is 60.2 Å². The smallest absolute Gasteiger partial charge is 0.416 e. The van der Waals surface area contributed by atoms with Crippen LogP contribution in [0.25, 0.3) is 0 Å². The molecule has 0 unspecified atom stereocenters. The Hall–Kier alpha value is -4.30. The molecule has 2 N–H and O–H groups in total. The van der Waals surface area contributed by atoms with Gasteiger partial charge in [-0.25, -0.2) is 13.8 Å². The largest absolute Gasteiger partial charge is 0.495 e. The molecule has 0 aliphatic carbocycles. The van der Waals surface area contributed by atoms with E-state index in [4.69, 9.17) is 21.1 Å². The molecular formula is C26H24ClF3N4O6S. The number of ether oxygens (including phenoxy) is 2. The molecule has 3 aromatic carbocycles. The second kappa shape index (κ2) is 13.4. The molecule has 0 aromatic heterocycles. The van der Waals surface area contributed by atoms with Gasteiger partial charge in [0.25, 0.3) is 11.8 Å². The van der Waals surface area contributed by atoms with Crippen LogP contribution >= 0.6 is 11.6 Å². The van der Waals surface area contributed by atoms with Gasteiger partial charge < -0.3 is 14.8 Å². The first kappa shape index (κ1) is 31.2. The van der Waals surface area contributed by atoms with Crippen molar-refractivity contribution in [3.05, 3.63) is 82.9 Å². The summed E-state index contributed by atoms with van der Waals surface area (Å²) in [5.41, 5.74) is 1.49. The van der Waals surface area contributed by atoms with Crippen LogP contribution in [0.4, 0.5) is 24.5 Å². The van der Waals surface area contributed by atoms with E-state index in [2.05, 4.69) is 15.8 Å². The molecule has 2 amide bonds. The highest BCUT2D eigenvalue weighted by molar-refractivity contribution is 7.92. The molecule has 0 saturated carbocycles. The van der Waals surface area contributed by atoms with E-state index in [1.165, 1.54) is 13.3 Å². The molecular weight excluding hydrogens is 589 g/mol. The van der Waals surface area contributed by atoms with E-state index in [0.717, 1.165) is 12.3 Å². The third-order valence-electron chi connectivity index (χ3n) is 5.26. The Bertz CT molecular complexity index is 1530. The highest BCUT2D eigenvalue weighted by atomic mass is 35.5. The van der Waals surface area contributed by atoms with Crippen molar-refractivity contribution >= 4 is 51.0 Å². The van der Waals surface area contributed by atoms with Crippen molar-refractivity contribution in [2.24, 2.45) is 5.10 Å². The third-order valence-corrected chi connectivity index (χ3v) is 6.71. The van der Waals surface area contributed by atoms with Gasteiger partial charge in [-0.1, -0.05) is 23.7 Å². The Kier molecular flexibility index (Phi) is 10.2. The van der Waals surface area contributed by atoms with E-state index in [1.807, 2.05) is 0 Å². The number of hydrogen-bond donors (Lipinski definition) is 2. The first-order chi connectivity index (χ1) is 19.3. The third kappa shape index (κ3) is 9.11. The zero-order valence-electron chi connectivity index (χ0n) is 21.6. The maximum atomic E-state index is 13.1. The van der Waals surface area contributed by atoms with E-state index in [0.29, 0.717) is 39.2 Å². The van der Waals surface area contributed by atoms with Gasteiger partial charge in [0.05, 0.1) is 41.5 Å². The van der Waals surface area contributed by atoms with Crippen LogP contribution in [0.1, 0.15) is 11.1 Å². The van der Waals surface area contributed by atoms with Crippen LogP contribution in [0.5, 0.6) is 11.5 Å². The Balaban J connectivity index is 1.57. The van der Waals surface area contributed by atoms with Crippen LogP contribution in [0.15, 0.2) is 71.8 Å². The fourth-order valence-electron chi connectivity index (χ4n) is 3.34. The van der Waals surface area contributed by atoms with Crippen molar-refractivity contribution in [3.8, 4) is 11.5 Å². The molecule has 0 radical (unpaired) electrons. The number of hydrogen-bond acceptors (Lipinski definition) is 7. The monoisotopic (exact) mass is 612 g/mol. The second-order valence-corrected chi connectivity index (χ2v) is 10.6. The van der Waals surface area contributed by atoms with Gasteiger partial charge in [0, 0.05) is 0 Å². The average molecular weight is 613 g/mol. The molecule has 0 aliphatic heterocycles. The summed E-state index contributed by atoms with van der Waals surface area (Å²) in [6.45, 7) is -1.14. The maximum Gasteiger partial charge on any atom is 0.416 e. The number of alkyl halides is 3. The highest BCUT2D eigenvalue weighted by Crippen LogP contribution is 2.36.